The van der Waals surface area contributed by atoms with Gasteiger partial charge in [0.25, 0.3) is 0 Å². The van der Waals surface area contributed by atoms with E-state index in [9.17, 15) is 69.3 Å². The highest BCUT2D eigenvalue weighted by Gasteiger charge is 2.50. The summed E-state index contributed by atoms with van der Waals surface area (Å²) < 4.78 is 11.4. The maximum atomic E-state index is 14.9. The second kappa shape index (κ2) is 26.3. The molecular weight excluding hydrogens is 1030 g/mol. The van der Waals surface area contributed by atoms with Crippen molar-refractivity contribution in [1.29, 1.82) is 0 Å². The van der Waals surface area contributed by atoms with E-state index in [2.05, 4.69) is 26.6 Å². The van der Waals surface area contributed by atoms with Gasteiger partial charge < -0.3 is 92.2 Å². The molecular formula is C54H73N9O16. The number of nitrogens with one attached hydrogen (secondary N) is 5. The molecule has 3 fully saturated rings. The minimum atomic E-state index is -2.06. The van der Waals surface area contributed by atoms with Crippen LogP contribution in [0.1, 0.15) is 55.7 Å². The maximum absolute atomic E-state index is 14.9. The van der Waals surface area contributed by atoms with Crippen LogP contribution in [0.15, 0.2) is 66.7 Å². The molecule has 0 saturated carbocycles. The van der Waals surface area contributed by atoms with Gasteiger partial charge in [-0.3, -0.25) is 28.8 Å². The lowest BCUT2D eigenvalue weighted by molar-refractivity contribution is -0.147. The summed E-state index contributed by atoms with van der Waals surface area (Å²) in [7, 11) is 3.63. The SMILES string of the molecule is C[C@@H](O)[C@@H]1NC(=O)C(N)C[C@@H](O)CNC(=O)[C@@H]2[C@@H](O)[C@@H](C)CN2C(=O)[C@H]([C@H](O)CCNC(=O)OCC2c3ccccc3-c3ccccc32)NC(=O)[C@H]([C@H](O)Cc2ccc(O)c(OCCN(C)C)c2)NC(=O)[C@@H]2C[C@@H](O)CN2C1=O. The predicted molar refractivity (Wildman–Crippen MR) is 281 cm³/mol. The zero-order valence-corrected chi connectivity index (χ0v) is 44.4. The summed E-state index contributed by atoms with van der Waals surface area (Å²) >= 11 is 0. The van der Waals surface area contributed by atoms with Crippen LogP contribution in [0.25, 0.3) is 11.1 Å². The number of carbonyl (C=O) groups is 7. The standard InChI is InChI=1S/C54H73N9O16/c1-27-24-63-46(47(27)70)51(74)57-23-30(65)21-37(55)48(71)58-43(28(2)64)52(75)62-25-31(66)22-38(62)49(72)59-44(41(69)19-29-13-14-39(67)42(20-29)78-18-17-61(3)4)50(73)60-45(53(63)76)40(68)15-16-56-54(77)79-26-36-34-11-7-5-9-32(34)33-10-6-8-12-35(33)36/h5-14,20,27-28,30-31,36-38,40-41,43-47,64-70H,15-19,21-26,55H2,1-4H3,(H,56,77)(H,57,74)(H,58,71)(H,59,72)(H,60,73)/t27-,28+,30+,31+,37?,38-,40+,41+,43-,44-,45-,46-,47-/m0/s1. The number of aromatic hydroxyl groups is 1. The van der Waals surface area contributed by atoms with Crippen molar-refractivity contribution in [3.63, 3.8) is 0 Å². The number of nitrogens with two attached hydrogens (primary N) is 1. The van der Waals surface area contributed by atoms with E-state index in [4.69, 9.17) is 15.2 Å². The van der Waals surface area contributed by atoms with Crippen molar-refractivity contribution in [2.75, 3.05) is 60.0 Å². The fourth-order valence-electron chi connectivity index (χ4n) is 10.5. The highest BCUT2D eigenvalue weighted by molar-refractivity contribution is 5.98. The number of hydrogen-bond donors (Lipinski definition) is 13. The van der Waals surface area contributed by atoms with Crippen LogP contribution in [-0.2, 0) is 39.9 Å². The van der Waals surface area contributed by atoms with E-state index in [1.165, 1.54) is 32.0 Å². The Morgan fingerprint density at radius 3 is 2.08 bits per heavy atom. The summed E-state index contributed by atoms with van der Waals surface area (Å²) in [5, 5.41) is 90.8. The lowest BCUT2D eigenvalue weighted by Crippen LogP contribution is -2.64. The highest BCUT2D eigenvalue weighted by Crippen LogP contribution is 2.44. The van der Waals surface area contributed by atoms with Crippen LogP contribution in [0.2, 0.25) is 0 Å². The van der Waals surface area contributed by atoms with Gasteiger partial charge >= 0.3 is 6.09 Å². The van der Waals surface area contributed by atoms with Gasteiger partial charge in [-0.05, 0) is 73.8 Å². The van der Waals surface area contributed by atoms with E-state index < -0.39 is 159 Å². The average molecular weight is 1100 g/mol. The van der Waals surface area contributed by atoms with Crippen LogP contribution in [-0.4, -0.2) is 225 Å². The Morgan fingerprint density at radius 2 is 1.42 bits per heavy atom. The molecule has 79 heavy (non-hydrogen) atoms. The van der Waals surface area contributed by atoms with Gasteiger partial charge in [-0.1, -0.05) is 61.5 Å². The first-order chi connectivity index (χ1) is 37.5. The largest absolute Gasteiger partial charge is 0.504 e. The smallest absolute Gasteiger partial charge is 0.407 e. The number of carbonyl (C=O) groups excluding carboxylic acids is 7. The zero-order valence-electron chi connectivity index (χ0n) is 44.4. The number of aliphatic hydroxyl groups is 6. The number of alkyl carbamates (subject to hydrolysis) is 1. The van der Waals surface area contributed by atoms with Gasteiger partial charge in [0, 0.05) is 57.4 Å². The predicted octanol–water partition coefficient (Wildman–Crippen LogP) is -3.26. The van der Waals surface area contributed by atoms with Crippen LogP contribution in [0.3, 0.4) is 0 Å². The van der Waals surface area contributed by atoms with Gasteiger partial charge in [0.15, 0.2) is 11.5 Å². The molecule has 3 heterocycles. The average Bonchev–Trinajstić information content (AvgIpc) is 4.11. The number of fused-ring (bicyclic) bond motifs is 5. The van der Waals surface area contributed by atoms with E-state index in [0.29, 0.717) is 6.54 Å². The number of rotatable bonds is 14. The number of phenolic OH excluding ortho intramolecular Hbond substituents is 1. The number of β-amino-alcohol motifs (C(OH)–C–C–N with tert-alkyl or cyclic N) is 1. The Balaban J connectivity index is 1.19. The van der Waals surface area contributed by atoms with Crippen LogP contribution in [0.4, 0.5) is 4.79 Å². The van der Waals surface area contributed by atoms with E-state index in [1.807, 2.05) is 67.5 Å². The molecule has 0 aromatic heterocycles. The molecule has 7 rings (SSSR count). The fourth-order valence-corrected chi connectivity index (χ4v) is 10.5. The number of amides is 7. The number of ether oxygens (including phenoxy) is 2. The van der Waals surface area contributed by atoms with Gasteiger partial charge in [-0.25, -0.2) is 4.79 Å². The molecule has 3 saturated heterocycles. The molecule has 14 N–H and O–H groups in total. The molecule has 430 valence electrons. The molecule has 3 aromatic carbocycles. The molecule has 13 atom stereocenters. The summed E-state index contributed by atoms with van der Waals surface area (Å²) in [6.07, 6.45) is -12.5. The van der Waals surface area contributed by atoms with Gasteiger partial charge in [-0.2, -0.15) is 0 Å². The lowest BCUT2D eigenvalue weighted by Gasteiger charge is -2.34. The summed E-state index contributed by atoms with van der Waals surface area (Å²) in [5.74, 6) is -7.85. The molecule has 4 aliphatic rings. The Morgan fingerprint density at radius 1 is 0.785 bits per heavy atom. The molecule has 0 radical (unpaired) electrons. The van der Waals surface area contributed by atoms with Crippen molar-refractivity contribution in [2.24, 2.45) is 11.7 Å². The van der Waals surface area contributed by atoms with E-state index in [0.717, 1.165) is 32.1 Å². The van der Waals surface area contributed by atoms with Crippen LogP contribution < -0.4 is 37.1 Å². The third-order valence-corrected chi connectivity index (χ3v) is 14.8. The first-order valence-corrected chi connectivity index (χ1v) is 26.4. The minimum Gasteiger partial charge on any atom is -0.504 e. The van der Waals surface area contributed by atoms with Crippen molar-refractivity contribution < 1.29 is 78.8 Å². The van der Waals surface area contributed by atoms with Crippen LogP contribution in [0.5, 0.6) is 11.5 Å². The van der Waals surface area contributed by atoms with Gasteiger partial charge in [-0.15, -0.1) is 0 Å². The third-order valence-electron chi connectivity index (χ3n) is 14.8. The number of phenols is 1. The topological polar surface area (TPSA) is 375 Å². The molecule has 3 aliphatic heterocycles. The van der Waals surface area contributed by atoms with E-state index in [-0.39, 0.29) is 49.3 Å². The van der Waals surface area contributed by atoms with Gasteiger partial charge in [0.1, 0.15) is 43.4 Å². The maximum Gasteiger partial charge on any atom is 0.407 e. The normalized spacial score (nSPS) is 27.5. The first kappa shape index (κ1) is 59.7. The molecule has 7 amide bonds. The number of benzene rings is 3. The van der Waals surface area contributed by atoms with Crippen molar-refractivity contribution in [3.8, 4) is 22.6 Å². The monoisotopic (exact) mass is 1100 g/mol. The number of likely N-dealkylation sites (N-methyl/N-ethyl adjacent to an activating group) is 1. The van der Waals surface area contributed by atoms with Crippen LogP contribution in [0, 0.1) is 5.92 Å². The Kier molecular flexibility index (Phi) is 19.9. The molecule has 1 unspecified atom stereocenters. The summed E-state index contributed by atoms with van der Waals surface area (Å²) in [6, 6.07) is 8.87. The summed E-state index contributed by atoms with van der Waals surface area (Å²) in [5.41, 5.74) is 10.3. The van der Waals surface area contributed by atoms with E-state index >= 15 is 0 Å². The van der Waals surface area contributed by atoms with Gasteiger partial charge in [0.05, 0.1) is 42.7 Å². The van der Waals surface area contributed by atoms with Gasteiger partial charge in [0.2, 0.25) is 35.4 Å². The van der Waals surface area contributed by atoms with Crippen molar-refractivity contribution >= 4 is 41.5 Å². The third kappa shape index (κ3) is 14.3. The number of nitrogens with zero attached hydrogens (tertiary/aromatic N) is 3. The van der Waals surface area contributed by atoms with Crippen LogP contribution >= 0.6 is 0 Å². The Bertz CT molecular complexity index is 2650. The molecule has 25 nitrogen and oxygen atoms in total. The Labute approximate surface area is 456 Å². The van der Waals surface area contributed by atoms with E-state index in [1.54, 1.807) is 0 Å². The fraction of sp³-hybridized carbons (Fsp3) is 0.537. The number of aliphatic hydroxyl groups excluding tert-OH is 6. The number of hydrogen-bond acceptors (Lipinski definition) is 18. The quantitative estimate of drug-likeness (QED) is 0.0754. The second-order valence-corrected chi connectivity index (χ2v) is 21.1. The highest BCUT2D eigenvalue weighted by atomic mass is 16.5. The molecule has 3 aromatic rings. The molecule has 25 heteroatoms. The zero-order chi connectivity index (χ0) is 57.4. The molecule has 1 aliphatic carbocycles. The molecule has 0 spiro atoms. The van der Waals surface area contributed by atoms with Crippen molar-refractivity contribution in [1.82, 2.24) is 41.3 Å². The Hall–Kier alpha value is -6.97. The summed E-state index contributed by atoms with van der Waals surface area (Å²) in [4.78, 5) is 103. The molecule has 0 bridgehead atoms. The first-order valence-electron chi connectivity index (χ1n) is 26.4. The summed E-state index contributed by atoms with van der Waals surface area (Å²) in [6.45, 7) is 1.58. The second-order valence-electron chi connectivity index (χ2n) is 21.1. The van der Waals surface area contributed by atoms with Crippen molar-refractivity contribution in [2.45, 2.75) is 118 Å². The van der Waals surface area contributed by atoms with Crippen molar-refractivity contribution in [3.05, 3.63) is 83.4 Å². The minimum absolute atomic E-state index is 0.0253. The lowest BCUT2D eigenvalue weighted by atomic mass is 9.98.